The zero-order chi connectivity index (χ0) is 24.2. The first-order chi connectivity index (χ1) is 17.1. The third kappa shape index (κ3) is 5.32. The maximum atomic E-state index is 13.3. The van der Waals surface area contributed by atoms with E-state index in [2.05, 4.69) is 20.6 Å². The monoisotopic (exact) mass is 493 g/mol. The first kappa shape index (κ1) is 23.3. The summed E-state index contributed by atoms with van der Waals surface area (Å²) in [7, 11) is 0. The minimum atomic E-state index is -0.807. The molecule has 0 bridgehead atoms. The van der Waals surface area contributed by atoms with Crippen LogP contribution in [-0.2, 0) is 20.9 Å². The summed E-state index contributed by atoms with van der Waals surface area (Å²) in [5.74, 6) is 0.555. The standard InChI is InChI=1S/C25H27N5O4S/c31-21(27-16-7-2-1-3-8-16)13-20-24(33)30-23(28-20)18-10-4-5-11-19(18)29-25(30)35-15-22(32)26-14-17-9-6-12-34-17/h4-6,9-12,16,20H,1-3,7-8,13-15H2,(H,26,32)(H,27,31)/t20-/m1/s1. The van der Waals surface area contributed by atoms with Gasteiger partial charge in [0.15, 0.2) is 5.17 Å². The third-order valence-corrected chi connectivity index (χ3v) is 7.21. The lowest BCUT2D eigenvalue weighted by Crippen LogP contribution is -2.43. The lowest BCUT2D eigenvalue weighted by molar-refractivity contribution is -0.129. The fourth-order valence-electron chi connectivity index (χ4n) is 4.52. The number of carbonyl (C=O) groups excluding carboxylic acids is 3. The van der Waals surface area contributed by atoms with Gasteiger partial charge in [-0.1, -0.05) is 43.2 Å². The van der Waals surface area contributed by atoms with Gasteiger partial charge in [-0.15, -0.1) is 0 Å². The van der Waals surface area contributed by atoms with Crippen LogP contribution in [0.15, 0.2) is 57.1 Å². The lowest BCUT2D eigenvalue weighted by Gasteiger charge is -2.25. The van der Waals surface area contributed by atoms with E-state index in [1.165, 1.54) is 23.1 Å². The average Bonchev–Trinajstić information content (AvgIpc) is 3.50. The fourth-order valence-corrected chi connectivity index (χ4v) is 5.35. The molecule has 5 rings (SSSR count). The molecule has 2 aromatic rings. The number of hydrogen-bond acceptors (Lipinski definition) is 7. The van der Waals surface area contributed by atoms with Crippen molar-refractivity contribution in [1.29, 1.82) is 0 Å². The number of thioether (sulfide) groups is 1. The minimum absolute atomic E-state index is 0.000913. The number of hydrogen-bond donors (Lipinski definition) is 2. The van der Waals surface area contributed by atoms with Gasteiger partial charge >= 0.3 is 0 Å². The number of benzene rings is 1. The predicted octanol–water partition coefficient (Wildman–Crippen LogP) is 3.13. The van der Waals surface area contributed by atoms with Gasteiger partial charge in [0.1, 0.15) is 17.6 Å². The summed E-state index contributed by atoms with van der Waals surface area (Å²) < 4.78 is 5.23. The molecule has 10 heteroatoms. The molecule has 1 aromatic carbocycles. The lowest BCUT2D eigenvalue weighted by atomic mass is 9.95. The van der Waals surface area contributed by atoms with E-state index in [1.54, 1.807) is 18.4 Å². The molecule has 0 saturated heterocycles. The van der Waals surface area contributed by atoms with Crippen LogP contribution in [0.4, 0.5) is 5.69 Å². The van der Waals surface area contributed by atoms with Crippen molar-refractivity contribution in [3.8, 4) is 0 Å². The van der Waals surface area contributed by atoms with Gasteiger partial charge in [0.25, 0.3) is 5.91 Å². The molecule has 2 N–H and O–H groups in total. The number of furan rings is 1. The van der Waals surface area contributed by atoms with Crippen LogP contribution in [0.1, 0.15) is 49.8 Å². The van der Waals surface area contributed by atoms with Gasteiger partial charge in [-0.3, -0.25) is 19.4 Å². The SMILES string of the molecule is O=C(CSC1=Nc2ccccc2C2=N[C@H](CC(=O)NC3CCCCC3)C(=O)N12)NCc1ccco1. The maximum Gasteiger partial charge on any atom is 0.259 e. The Hall–Kier alpha value is -3.40. The molecule has 0 unspecified atom stereocenters. The average molecular weight is 494 g/mol. The van der Waals surface area contributed by atoms with Gasteiger partial charge < -0.3 is 15.1 Å². The summed E-state index contributed by atoms with van der Waals surface area (Å²) in [6, 6.07) is 10.3. The summed E-state index contributed by atoms with van der Waals surface area (Å²) in [6.07, 6.45) is 6.95. The highest BCUT2D eigenvalue weighted by Gasteiger charge is 2.42. The molecule has 35 heavy (non-hydrogen) atoms. The van der Waals surface area contributed by atoms with Crippen molar-refractivity contribution in [1.82, 2.24) is 15.5 Å². The largest absolute Gasteiger partial charge is 0.467 e. The molecular formula is C25H27N5O4S. The number of amides is 3. The Morgan fingerprint density at radius 1 is 1.09 bits per heavy atom. The number of amidine groups is 2. The van der Waals surface area contributed by atoms with E-state index >= 15 is 0 Å². The normalized spacial score (nSPS) is 19.5. The number of para-hydroxylation sites is 1. The highest BCUT2D eigenvalue weighted by molar-refractivity contribution is 8.14. The molecule has 3 aliphatic rings. The molecular weight excluding hydrogens is 466 g/mol. The van der Waals surface area contributed by atoms with Crippen LogP contribution in [0.25, 0.3) is 0 Å². The first-order valence-electron chi connectivity index (χ1n) is 11.9. The van der Waals surface area contributed by atoms with E-state index in [9.17, 15) is 14.4 Å². The number of nitrogens with one attached hydrogen (secondary N) is 2. The van der Waals surface area contributed by atoms with Crippen LogP contribution >= 0.6 is 11.8 Å². The molecule has 0 spiro atoms. The van der Waals surface area contributed by atoms with Crippen LogP contribution < -0.4 is 10.6 Å². The van der Waals surface area contributed by atoms with Crippen LogP contribution in [0.2, 0.25) is 0 Å². The highest BCUT2D eigenvalue weighted by Crippen LogP contribution is 2.34. The topological polar surface area (TPSA) is 116 Å². The molecule has 1 atom stereocenters. The van der Waals surface area contributed by atoms with Crippen molar-refractivity contribution in [2.24, 2.45) is 9.98 Å². The Balaban J connectivity index is 1.27. The predicted molar refractivity (Wildman–Crippen MR) is 133 cm³/mol. The number of aliphatic imine (C=N–C) groups is 2. The van der Waals surface area contributed by atoms with Crippen LogP contribution in [0.5, 0.6) is 0 Å². The molecule has 1 aliphatic carbocycles. The summed E-state index contributed by atoms with van der Waals surface area (Å²) in [4.78, 5) is 49.1. The summed E-state index contributed by atoms with van der Waals surface area (Å²) in [5, 5.41) is 6.25. The molecule has 9 nitrogen and oxygen atoms in total. The summed E-state index contributed by atoms with van der Waals surface area (Å²) in [5.41, 5.74) is 1.42. The molecule has 182 valence electrons. The van der Waals surface area contributed by atoms with Crippen LogP contribution in [0.3, 0.4) is 0 Å². The van der Waals surface area contributed by atoms with E-state index in [4.69, 9.17) is 4.42 Å². The van der Waals surface area contributed by atoms with Crippen molar-refractivity contribution in [3.05, 3.63) is 54.0 Å². The van der Waals surface area contributed by atoms with Crippen molar-refractivity contribution in [2.45, 2.75) is 57.2 Å². The molecule has 0 radical (unpaired) electrons. The number of carbonyl (C=O) groups is 3. The highest BCUT2D eigenvalue weighted by atomic mass is 32.2. The molecule has 1 fully saturated rings. The van der Waals surface area contributed by atoms with E-state index in [0.717, 1.165) is 31.2 Å². The van der Waals surface area contributed by atoms with Crippen molar-refractivity contribution >= 4 is 46.2 Å². The zero-order valence-electron chi connectivity index (χ0n) is 19.2. The number of nitrogens with zero attached hydrogens (tertiary/aromatic N) is 3. The molecule has 2 aliphatic heterocycles. The Morgan fingerprint density at radius 2 is 1.91 bits per heavy atom. The molecule has 3 heterocycles. The summed E-state index contributed by atoms with van der Waals surface area (Å²) in [6.45, 7) is 0.287. The van der Waals surface area contributed by atoms with Crippen molar-refractivity contribution in [2.75, 3.05) is 5.75 Å². The van der Waals surface area contributed by atoms with Crippen molar-refractivity contribution < 1.29 is 18.8 Å². The second-order valence-corrected chi connectivity index (χ2v) is 9.75. The Morgan fingerprint density at radius 3 is 2.71 bits per heavy atom. The second kappa shape index (κ2) is 10.5. The molecule has 1 aromatic heterocycles. The van der Waals surface area contributed by atoms with Crippen LogP contribution in [0, 0.1) is 0 Å². The Kier molecular flexibility index (Phi) is 6.98. The smallest absolute Gasteiger partial charge is 0.259 e. The Bertz CT molecular complexity index is 1170. The van der Waals surface area contributed by atoms with Gasteiger partial charge in [-0.2, -0.15) is 0 Å². The third-order valence-electron chi connectivity index (χ3n) is 6.27. The van der Waals surface area contributed by atoms with E-state index < -0.39 is 6.04 Å². The molecule has 3 amide bonds. The number of fused-ring (bicyclic) bond motifs is 3. The maximum absolute atomic E-state index is 13.3. The second-order valence-electron chi connectivity index (χ2n) is 8.81. The first-order valence-corrected chi connectivity index (χ1v) is 12.9. The zero-order valence-corrected chi connectivity index (χ0v) is 20.1. The number of rotatable bonds is 7. The van der Waals surface area contributed by atoms with Gasteiger partial charge in [-0.05, 0) is 37.1 Å². The van der Waals surface area contributed by atoms with E-state index in [1.807, 2.05) is 24.3 Å². The summed E-state index contributed by atoms with van der Waals surface area (Å²) >= 11 is 1.17. The minimum Gasteiger partial charge on any atom is -0.467 e. The molecule has 1 saturated carbocycles. The van der Waals surface area contributed by atoms with Gasteiger partial charge in [0, 0.05) is 11.6 Å². The quantitative estimate of drug-likeness (QED) is 0.615. The Labute approximate surface area is 207 Å². The van der Waals surface area contributed by atoms with E-state index in [0.29, 0.717) is 22.5 Å². The van der Waals surface area contributed by atoms with Gasteiger partial charge in [0.2, 0.25) is 11.8 Å². The fraction of sp³-hybridized carbons (Fsp3) is 0.400. The van der Waals surface area contributed by atoms with Crippen molar-refractivity contribution in [3.63, 3.8) is 0 Å². The van der Waals surface area contributed by atoms with Gasteiger partial charge in [0.05, 0.1) is 30.7 Å². The van der Waals surface area contributed by atoms with E-state index in [-0.39, 0.29) is 42.5 Å². The van der Waals surface area contributed by atoms with Gasteiger partial charge in [-0.25, -0.2) is 9.89 Å². The van der Waals surface area contributed by atoms with Crippen LogP contribution in [-0.4, -0.2) is 51.5 Å².